The van der Waals surface area contributed by atoms with E-state index < -0.39 is 10.0 Å². The van der Waals surface area contributed by atoms with Crippen molar-refractivity contribution < 1.29 is 22.6 Å². The molecule has 2 N–H and O–H groups in total. The number of hydrogen-bond donors (Lipinski definition) is 1. The van der Waals surface area contributed by atoms with Crippen molar-refractivity contribution in [3.05, 3.63) is 23.1 Å². The maximum Gasteiger partial charge on any atom is 0.231 e. The predicted molar refractivity (Wildman–Crippen MR) is 68.2 cm³/mol. The Hall–Kier alpha value is -1.73. The molecule has 0 spiro atoms. The van der Waals surface area contributed by atoms with Crippen LogP contribution in [0.1, 0.15) is 5.56 Å². The van der Waals surface area contributed by atoms with Gasteiger partial charge in [-0.15, -0.1) is 0 Å². The normalized spacial score (nSPS) is 11.6. The molecule has 1 rings (SSSR count). The summed E-state index contributed by atoms with van der Waals surface area (Å²) in [5.74, 6) is 1.38. The zero-order valence-corrected chi connectivity index (χ0v) is 11.2. The van der Waals surface area contributed by atoms with Gasteiger partial charge in [0, 0.05) is 17.5 Å². The molecule has 0 bridgehead atoms. The highest BCUT2D eigenvalue weighted by Gasteiger charge is 2.11. The lowest BCUT2D eigenvalue weighted by Crippen LogP contribution is -2.07. The van der Waals surface area contributed by atoms with Gasteiger partial charge >= 0.3 is 0 Å². The molecule has 0 saturated heterocycles. The number of benzene rings is 1. The summed E-state index contributed by atoms with van der Waals surface area (Å²) >= 11 is 0. The van der Waals surface area contributed by atoms with E-state index in [1.54, 1.807) is 12.1 Å². The Kier molecular flexibility index (Phi) is 4.57. The van der Waals surface area contributed by atoms with E-state index in [2.05, 4.69) is 0 Å². The molecule has 0 heterocycles. The zero-order chi connectivity index (χ0) is 13.8. The van der Waals surface area contributed by atoms with Crippen molar-refractivity contribution in [3.63, 3.8) is 0 Å². The van der Waals surface area contributed by atoms with Gasteiger partial charge in [0.05, 0.1) is 26.9 Å². The summed E-state index contributed by atoms with van der Waals surface area (Å²) < 4.78 is 37.2. The average molecular weight is 273 g/mol. The molecule has 0 fully saturated rings. The van der Waals surface area contributed by atoms with Crippen molar-refractivity contribution in [2.45, 2.75) is 0 Å². The summed E-state index contributed by atoms with van der Waals surface area (Å²) in [6.45, 7) is 0. The van der Waals surface area contributed by atoms with Gasteiger partial charge in [-0.05, 0) is 6.08 Å². The van der Waals surface area contributed by atoms with E-state index >= 15 is 0 Å². The van der Waals surface area contributed by atoms with E-state index in [1.165, 1.54) is 27.4 Å². The second kappa shape index (κ2) is 5.74. The fraction of sp³-hybridized carbons (Fsp3) is 0.273. The Balaban J connectivity index is 3.36. The van der Waals surface area contributed by atoms with Gasteiger partial charge in [-0.25, -0.2) is 13.6 Å². The summed E-state index contributed by atoms with van der Waals surface area (Å²) in [7, 11) is 0.719. The van der Waals surface area contributed by atoms with Crippen molar-refractivity contribution in [2.75, 3.05) is 21.3 Å². The van der Waals surface area contributed by atoms with Crippen LogP contribution in [0.15, 0.2) is 17.5 Å². The lowest BCUT2D eigenvalue weighted by molar-refractivity contribution is 0.374. The van der Waals surface area contributed by atoms with Crippen LogP contribution in [0.3, 0.4) is 0 Å². The number of nitrogens with two attached hydrogens (primary N) is 1. The lowest BCUT2D eigenvalue weighted by atomic mass is 10.1. The minimum absolute atomic E-state index is 0.422. The number of sulfonamides is 1. The zero-order valence-electron chi connectivity index (χ0n) is 10.3. The molecule has 0 aliphatic heterocycles. The van der Waals surface area contributed by atoms with Crippen LogP contribution in [0.25, 0.3) is 6.08 Å². The second-order valence-corrected chi connectivity index (χ2v) is 4.79. The van der Waals surface area contributed by atoms with Crippen molar-refractivity contribution in [1.29, 1.82) is 0 Å². The number of hydrogen-bond acceptors (Lipinski definition) is 5. The third kappa shape index (κ3) is 3.64. The Morgan fingerprint density at radius 3 is 1.89 bits per heavy atom. The first kappa shape index (κ1) is 14.3. The van der Waals surface area contributed by atoms with Gasteiger partial charge in [0.25, 0.3) is 0 Å². The molecule has 0 saturated carbocycles. The first-order valence-electron chi connectivity index (χ1n) is 4.92. The van der Waals surface area contributed by atoms with Crippen molar-refractivity contribution in [3.8, 4) is 17.2 Å². The van der Waals surface area contributed by atoms with Crippen LogP contribution in [0.4, 0.5) is 0 Å². The number of ether oxygens (including phenoxy) is 3. The molecule has 0 radical (unpaired) electrons. The van der Waals surface area contributed by atoms with Gasteiger partial charge in [0.2, 0.25) is 10.0 Å². The van der Waals surface area contributed by atoms with Crippen LogP contribution in [0, 0.1) is 0 Å². The number of methoxy groups -OCH3 is 3. The fourth-order valence-corrected chi connectivity index (χ4v) is 1.69. The first-order valence-corrected chi connectivity index (χ1v) is 6.53. The van der Waals surface area contributed by atoms with Crippen LogP contribution in [0.2, 0.25) is 0 Å². The van der Waals surface area contributed by atoms with Crippen molar-refractivity contribution >= 4 is 16.1 Å². The van der Waals surface area contributed by atoms with Gasteiger partial charge < -0.3 is 14.2 Å². The molecule has 7 heteroatoms. The van der Waals surface area contributed by atoms with E-state index in [0.29, 0.717) is 22.8 Å². The molecular weight excluding hydrogens is 258 g/mol. The molecule has 0 atom stereocenters. The Morgan fingerprint density at radius 2 is 1.56 bits per heavy atom. The molecule has 1 aromatic carbocycles. The highest BCUT2D eigenvalue weighted by Crippen LogP contribution is 2.35. The van der Waals surface area contributed by atoms with Crippen LogP contribution in [-0.4, -0.2) is 29.7 Å². The van der Waals surface area contributed by atoms with E-state index in [0.717, 1.165) is 5.41 Å². The molecule has 0 aliphatic rings. The predicted octanol–water partition coefficient (Wildman–Crippen LogP) is 0.972. The van der Waals surface area contributed by atoms with Crippen LogP contribution >= 0.6 is 0 Å². The summed E-state index contributed by atoms with van der Waals surface area (Å²) in [6, 6.07) is 3.23. The highest BCUT2D eigenvalue weighted by molar-refractivity contribution is 7.92. The van der Waals surface area contributed by atoms with Gasteiger partial charge in [0.15, 0.2) is 0 Å². The van der Waals surface area contributed by atoms with E-state index in [1.807, 2.05) is 0 Å². The maximum atomic E-state index is 10.9. The molecule has 100 valence electrons. The largest absolute Gasteiger partial charge is 0.496 e. The monoisotopic (exact) mass is 273 g/mol. The second-order valence-electron chi connectivity index (χ2n) is 3.34. The minimum atomic E-state index is -3.71. The van der Waals surface area contributed by atoms with E-state index in [9.17, 15) is 8.42 Å². The Morgan fingerprint density at radius 1 is 1.06 bits per heavy atom. The molecule has 0 amide bonds. The topological polar surface area (TPSA) is 87.9 Å². The Bertz CT molecular complexity index is 526. The van der Waals surface area contributed by atoms with Crippen molar-refractivity contribution in [2.24, 2.45) is 5.14 Å². The summed E-state index contributed by atoms with van der Waals surface area (Å²) in [4.78, 5) is 0. The van der Waals surface area contributed by atoms with Crippen LogP contribution < -0.4 is 19.3 Å². The molecule has 0 unspecified atom stereocenters. The summed E-state index contributed by atoms with van der Waals surface area (Å²) in [5, 5.41) is 5.78. The van der Waals surface area contributed by atoms with E-state index in [-0.39, 0.29) is 0 Å². The van der Waals surface area contributed by atoms with Crippen LogP contribution in [0.5, 0.6) is 17.2 Å². The van der Waals surface area contributed by atoms with Gasteiger partial charge in [-0.2, -0.15) is 0 Å². The van der Waals surface area contributed by atoms with Crippen LogP contribution in [-0.2, 0) is 10.0 Å². The Labute approximate surface area is 106 Å². The minimum Gasteiger partial charge on any atom is -0.496 e. The van der Waals surface area contributed by atoms with E-state index in [4.69, 9.17) is 19.3 Å². The molecule has 18 heavy (non-hydrogen) atoms. The smallest absolute Gasteiger partial charge is 0.231 e. The molecule has 6 nitrogen and oxygen atoms in total. The molecule has 0 aromatic heterocycles. The maximum absolute atomic E-state index is 10.9. The number of primary sulfonamides is 1. The SMILES string of the molecule is COc1cc(OC)c(C=CS(N)(=O)=O)c(OC)c1. The molecular formula is C11H15NO5S. The van der Waals surface area contributed by atoms with Gasteiger partial charge in [-0.3, -0.25) is 0 Å². The third-order valence-electron chi connectivity index (χ3n) is 2.18. The standard InChI is InChI=1S/C11H15NO5S/c1-15-8-6-10(16-2)9(11(7-8)17-3)4-5-18(12,13)14/h4-7H,1-3H3,(H2,12,13,14). The summed E-state index contributed by atoms with van der Waals surface area (Å²) in [6.07, 6.45) is 1.31. The molecule has 0 aliphatic carbocycles. The lowest BCUT2D eigenvalue weighted by Gasteiger charge is -2.12. The average Bonchev–Trinajstić information content (AvgIpc) is 2.34. The summed E-state index contributed by atoms with van der Waals surface area (Å²) in [5.41, 5.74) is 0.467. The third-order valence-corrected chi connectivity index (χ3v) is 2.69. The highest BCUT2D eigenvalue weighted by atomic mass is 32.2. The first-order chi connectivity index (χ1) is 8.41. The molecule has 1 aromatic rings. The number of rotatable bonds is 5. The quantitative estimate of drug-likeness (QED) is 0.863. The van der Waals surface area contributed by atoms with Gasteiger partial charge in [0.1, 0.15) is 17.2 Å². The fourth-order valence-electron chi connectivity index (χ4n) is 1.36. The van der Waals surface area contributed by atoms with Gasteiger partial charge in [-0.1, -0.05) is 0 Å². The van der Waals surface area contributed by atoms with Crippen molar-refractivity contribution in [1.82, 2.24) is 0 Å².